The van der Waals surface area contributed by atoms with Crippen molar-refractivity contribution in [3.05, 3.63) is 117 Å². The zero-order valence-electron chi connectivity index (χ0n) is 17.8. The molecule has 2 amide bonds. The molecule has 0 aliphatic carbocycles. The van der Waals surface area contributed by atoms with Crippen molar-refractivity contribution >= 4 is 44.2 Å². The van der Waals surface area contributed by atoms with Crippen LogP contribution in [0.5, 0.6) is 0 Å². The van der Waals surface area contributed by atoms with Crippen molar-refractivity contribution in [2.75, 3.05) is 0 Å². The van der Waals surface area contributed by atoms with Gasteiger partial charge in [-0.15, -0.1) is 0 Å². The van der Waals surface area contributed by atoms with Crippen LogP contribution < -0.4 is 21.7 Å². The number of benzene rings is 3. The second-order valence-electron chi connectivity index (χ2n) is 7.36. The van der Waals surface area contributed by atoms with E-state index < -0.39 is 23.4 Å². The number of hydrogen-bond donors (Lipinski definition) is 4. The van der Waals surface area contributed by atoms with E-state index in [9.17, 15) is 14.4 Å². The molecule has 0 fully saturated rings. The molecule has 9 heteroatoms. The first kappa shape index (κ1) is 22.9. The molecule has 0 unspecified atom stereocenters. The normalized spacial score (nSPS) is 11.4. The molecule has 8 nitrogen and oxygen atoms in total. The first-order valence-electron chi connectivity index (χ1n) is 10.3. The van der Waals surface area contributed by atoms with Crippen LogP contribution >= 0.6 is 15.9 Å². The molecule has 1 aromatic heterocycles. The van der Waals surface area contributed by atoms with E-state index in [1.165, 1.54) is 0 Å². The molecule has 0 saturated heterocycles. The van der Waals surface area contributed by atoms with Crippen molar-refractivity contribution in [3.63, 3.8) is 0 Å². The molecule has 1 heterocycles. The Labute approximate surface area is 203 Å². The summed E-state index contributed by atoms with van der Waals surface area (Å²) in [5.74, 6) is -1.06. The molecule has 4 rings (SSSR count). The predicted molar refractivity (Wildman–Crippen MR) is 133 cm³/mol. The number of carbonyl (C=O) groups excluding carboxylic acids is 2. The maximum absolute atomic E-state index is 13.3. The van der Waals surface area contributed by atoms with Crippen LogP contribution in [-0.4, -0.2) is 22.0 Å². The minimum Gasteiger partial charge on any atom is -0.335 e. The van der Waals surface area contributed by atoms with Crippen LogP contribution in [-0.2, 0) is 4.79 Å². The number of rotatable bonds is 7. The molecule has 0 aliphatic rings. The van der Waals surface area contributed by atoms with Crippen LogP contribution in [0.2, 0.25) is 0 Å². The highest BCUT2D eigenvalue weighted by Crippen LogP contribution is 2.21. The minimum atomic E-state index is -1.21. The van der Waals surface area contributed by atoms with Gasteiger partial charge < -0.3 is 5.32 Å². The quantitative estimate of drug-likeness (QED) is 0.280. The average Bonchev–Trinajstić information content (AvgIpc) is 2.87. The zero-order valence-corrected chi connectivity index (χ0v) is 19.4. The molecular weight excluding hydrogens is 498 g/mol. The van der Waals surface area contributed by atoms with Gasteiger partial charge in [0.05, 0.1) is 11.1 Å². The third-order valence-electron chi connectivity index (χ3n) is 5.08. The van der Waals surface area contributed by atoms with E-state index in [-0.39, 0.29) is 5.69 Å². The summed E-state index contributed by atoms with van der Waals surface area (Å²) in [7, 11) is 0. The van der Waals surface area contributed by atoms with Crippen LogP contribution in [0, 0.1) is 0 Å². The van der Waals surface area contributed by atoms with Gasteiger partial charge in [0.25, 0.3) is 17.4 Å². The minimum absolute atomic E-state index is 0.201. The third-order valence-corrected chi connectivity index (χ3v) is 5.58. The molecule has 0 aliphatic heterocycles. The molecule has 170 valence electrons. The number of fused-ring (bicyclic) bond motifs is 1. The van der Waals surface area contributed by atoms with Crippen molar-refractivity contribution in [1.82, 2.24) is 26.4 Å². The maximum Gasteiger partial charge on any atom is 0.272 e. The first-order valence-corrected chi connectivity index (χ1v) is 11.1. The third kappa shape index (κ3) is 5.05. The SMILES string of the molecule is C=C(NNC(=O)[C@H](NC(=O)c1ccccc1)c1n[nH]c(=O)c2ccccc12)c1cccc(Br)c1. The number of aromatic nitrogens is 2. The fraction of sp³-hybridized carbons (Fsp3) is 0.0400. The smallest absolute Gasteiger partial charge is 0.272 e. The summed E-state index contributed by atoms with van der Waals surface area (Å²) < 4.78 is 0.858. The lowest BCUT2D eigenvalue weighted by Crippen LogP contribution is -2.46. The van der Waals surface area contributed by atoms with Crippen molar-refractivity contribution in [2.45, 2.75) is 6.04 Å². The van der Waals surface area contributed by atoms with Gasteiger partial charge in [0.1, 0.15) is 5.69 Å². The highest BCUT2D eigenvalue weighted by molar-refractivity contribution is 9.10. The lowest BCUT2D eigenvalue weighted by atomic mass is 10.0. The highest BCUT2D eigenvalue weighted by atomic mass is 79.9. The standard InChI is InChI=1S/C25H20BrN5O3/c1-15(17-10-7-11-18(26)14-17)28-31-25(34)22(27-23(32)16-8-3-2-4-9-16)21-19-12-5-6-13-20(19)24(33)30-29-21/h2-14,22,28H,1H2,(H,27,32)(H,30,33)(H,31,34)/t22-/m1/s1. The molecule has 1 atom stereocenters. The summed E-state index contributed by atoms with van der Waals surface area (Å²) in [6.07, 6.45) is 0. The molecule has 0 spiro atoms. The summed E-state index contributed by atoms with van der Waals surface area (Å²) in [5, 5.41) is 10.0. The summed E-state index contributed by atoms with van der Waals surface area (Å²) in [5.41, 5.74) is 6.75. The van der Waals surface area contributed by atoms with Gasteiger partial charge in [-0.2, -0.15) is 5.10 Å². The number of hydrogen-bond acceptors (Lipinski definition) is 5. The Kier molecular flexibility index (Phi) is 6.84. The second-order valence-corrected chi connectivity index (χ2v) is 8.27. The zero-order chi connectivity index (χ0) is 24.1. The lowest BCUT2D eigenvalue weighted by molar-refractivity contribution is -0.123. The van der Waals surface area contributed by atoms with Crippen molar-refractivity contribution in [3.8, 4) is 0 Å². The van der Waals surface area contributed by atoms with Gasteiger partial charge in [0.2, 0.25) is 0 Å². The Hall–Kier alpha value is -4.24. The Morgan fingerprint density at radius 2 is 1.56 bits per heavy atom. The molecule has 4 N–H and O–H groups in total. The van der Waals surface area contributed by atoms with Crippen LogP contribution in [0.3, 0.4) is 0 Å². The largest absolute Gasteiger partial charge is 0.335 e. The topological polar surface area (TPSA) is 116 Å². The van der Waals surface area contributed by atoms with Gasteiger partial charge in [0, 0.05) is 15.4 Å². The van der Waals surface area contributed by atoms with Gasteiger partial charge in [-0.05, 0) is 35.9 Å². The van der Waals surface area contributed by atoms with E-state index in [1.54, 1.807) is 54.6 Å². The van der Waals surface area contributed by atoms with Gasteiger partial charge in [-0.25, -0.2) is 5.10 Å². The van der Waals surface area contributed by atoms with Crippen LogP contribution in [0.4, 0.5) is 0 Å². The number of halogens is 1. The van der Waals surface area contributed by atoms with Crippen molar-refractivity contribution < 1.29 is 9.59 Å². The number of aromatic amines is 1. The number of amides is 2. The Morgan fingerprint density at radius 1 is 0.882 bits per heavy atom. The van der Waals surface area contributed by atoms with Gasteiger partial charge in [-0.1, -0.05) is 71.0 Å². The van der Waals surface area contributed by atoms with Crippen LogP contribution in [0.25, 0.3) is 16.5 Å². The first-order chi connectivity index (χ1) is 16.4. The molecule has 0 radical (unpaired) electrons. The van der Waals surface area contributed by atoms with Crippen molar-refractivity contribution in [1.29, 1.82) is 0 Å². The summed E-state index contributed by atoms with van der Waals surface area (Å²) in [4.78, 5) is 38.4. The number of hydrazine groups is 1. The van der Waals surface area contributed by atoms with E-state index in [0.717, 1.165) is 10.0 Å². The van der Waals surface area contributed by atoms with Crippen molar-refractivity contribution in [2.24, 2.45) is 0 Å². The molecule has 3 aromatic carbocycles. The number of nitrogens with zero attached hydrogens (tertiary/aromatic N) is 1. The lowest BCUT2D eigenvalue weighted by Gasteiger charge is -2.20. The molecule has 0 bridgehead atoms. The monoisotopic (exact) mass is 517 g/mol. The van der Waals surface area contributed by atoms with Gasteiger partial charge >= 0.3 is 0 Å². The predicted octanol–water partition coefficient (Wildman–Crippen LogP) is 3.45. The van der Waals surface area contributed by atoms with E-state index >= 15 is 0 Å². The molecule has 0 saturated carbocycles. The van der Waals surface area contributed by atoms with Crippen LogP contribution in [0.15, 0.2) is 94.7 Å². The van der Waals surface area contributed by atoms with E-state index in [2.05, 4.69) is 48.9 Å². The number of H-pyrrole nitrogens is 1. The fourth-order valence-electron chi connectivity index (χ4n) is 3.38. The van der Waals surface area contributed by atoms with E-state index in [1.807, 2.05) is 24.3 Å². The summed E-state index contributed by atoms with van der Waals surface area (Å²) in [6.45, 7) is 3.94. The number of carbonyl (C=O) groups is 2. The fourth-order valence-corrected chi connectivity index (χ4v) is 3.77. The second kappa shape index (κ2) is 10.1. The molecule has 34 heavy (non-hydrogen) atoms. The summed E-state index contributed by atoms with van der Waals surface area (Å²) >= 11 is 3.40. The Morgan fingerprint density at radius 3 is 2.29 bits per heavy atom. The number of nitrogens with one attached hydrogen (secondary N) is 4. The highest BCUT2D eigenvalue weighted by Gasteiger charge is 2.27. The maximum atomic E-state index is 13.3. The van der Waals surface area contributed by atoms with E-state index in [0.29, 0.717) is 22.0 Å². The Bertz CT molecular complexity index is 1440. The summed E-state index contributed by atoms with van der Waals surface area (Å²) in [6, 6.07) is 21.4. The molecule has 4 aromatic rings. The van der Waals surface area contributed by atoms with E-state index in [4.69, 9.17) is 0 Å². The molecular formula is C25H20BrN5O3. The van der Waals surface area contributed by atoms with Crippen LogP contribution in [0.1, 0.15) is 27.7 Å². The Balaban J connectivity index is 1.64. The average molecular weight is 518 g/mol. The van der Waals surface area contributed by atoms with Gasteiger partial charge in [-0.3, -0.25) is 25.2 Å². The van der Waals surface area contributed by atoms with Gasteiger partial charge in [0.15, 0.2) is 6.04 Å².